The third kappa shape index (κ3) is 4.10. The van der Waals surface area contributed by atoms with Crippen molar-refractivity contribution in [2.75, 3.05) is 38.0 Å². The first-order valence-electron chi connectivity index (χ1n) is 10.9. The summed E-state index contributed by atoms with van der Waals surface area (Å²) >= 11 is 11.5. The number of halogens is 1. The van der Waals surface area contributed by atoms with Gasteiger partial charge in [-0.1, -0.05) is 41.9 Å². The van der Waals surface area contributed by atoms with Crippen molar-refractivity contribution in [3.63, 3.8) is 0 Å². The van der Waals surface area contributed by atoms with Gasteiger partial charge in [0.2, 0.25) is 5.91 Å². The van der Waals surface area contributed by atoms with Crippen molar-refractivity contribution in [3.05, 3.63) is 76.8 Å². The zero-order valence-corrected chi connectivity index (χ0v) is 19.7. The summed E-state index contributed by atoms with van der Waals surface area (Å²) in [5.74, 6) is -1.14. The van der Waals surface area contributed by atoms with Gasteiger partial charge in [-0.3, -0.25) is 19.3 Å². The maximum atomic E-state index is 13.1. The number of nitrogens with zero attached hydrogens (tertiary/aromatic N) is 3. The smallest absolute Gasteiger partial charge is 0.261 e. The van der Waals surface area contributed by atoms with Crippen LogP contribution in [0.2, 0.25) is 5.02 Å². The van der Waals surface area contributed by atoms with Gasteiger partial charge < -0.3 is 15.1 Å². The van der Waals surface area contributed by atoms with Crippen LogP contribution in [-0.4, -0.2) is 70.3 Å². The van der Waals surface area contributed by atoms with Gasteiger partial charge in [-0.25, -0.2) is 0 Å². The van der Waals surface area contributed by atoms with Crippen LogP contribution in [-0.2, 0) is 4.79 Å². The van der Waals surface area contributed by atoms with Crippen LogP contribution < -0.4 is 5.32 Å². The van der Waals surface area contributed by atoms with E-state index in [4.69, 9.17) is 23.8 Å². The largest absolute Gasteiger partial charge is 0.345 e. The molecule has 0 unspecified atom stereocenters. The predicted octanol–water partition coefficient (Wildman–Crippen LogP) is 3.63. The molecule has 172 valence electrons. The molecule has 0 atom stereocenters. The molecule has 34 heavy (non-hydrogen) atoms. The van der Waals surface area contributed by atoms with Crippen LogP contribution in [0.1, 0.15) is 20.7 Å². The van der Waals surface area contributed by atoms with Crippen molar-refractivity contribution in [1.29, 1.82) is 0 Å². The average Bonchev–Trinajstić information content (AvgIpc) is 2.85. The lowest BCUT2D eigenvalue weighted by Crippen LogP contribution is -2.54. The zero-order chi connectivity index (χ0) is 23.8. The molecule has 0 aromatic heterocycles. The number of piperazine rings is 1. The quantitative estimate of drug-likeness (QED) is 0.444. The Hall–Kier alpha value is -3.49. The van der Waals surface area contributed by atoms with E-state index in [9.17, 15) is 14.4 Å². The minimum atomic E-state index is -0.437. The van der Waals surface area contributed by atoms with Gasteiger partial charge in [-0.05, 0) is 47.9 Å². The third-order valence-electron chi connectivity index (χ3n) is 6.14. The first kappa shape index (κ1) is 22.3. The van der Waals surface area contributed by atoms with E-state index in [1.807, 2.05) is 29.2 Å². The number of nitrogens with one attached hydrogen (secondary N) is 1. The van der Waals surface area contributed by atoms with E-state index in [0.717, 1.165) is 16.0 Å². The van der Waals surface area contributed by atoms with Crippen LogP contribution >= 0.6 is 23.8 Å². The minimum Gasteiger partial charge on any atom is -0.345 e. The molecule has 0 radical (unpaired) electrons. The monoisotopic (exact) mass is 492 g/mol. The predicted molar refractivity (Wildman–Crippen MR) is 135 cm³/mol. The Bertz CT molecular complexity index is 1290. The van der Waals surface area contributed by atoms with E-state index in [0.29, 0.717) is 52.8 Å². The number of hydrogen-bond acceptors (Lipinski definition) is 4. The Morgan fingerprint density at radius 2 is 1.47 bits per heavy atom. The van der Waals surface area contributed by atoms with E-state index in [1.165, 1.54) is 0 Å². The number of amides is 3. The van der Waals surface area contributed by atoms with Gasteiger partial charge in [-0.2, -0.15) is 0 Å². The lowest BCUT2D eigenvalue weighted by atomic mass is 9.94. The van der Waals surface area contributed by atoms with E-state index in [-0.39, 0.29) is 12.5 Å². The molecule has 1 N–H and O–H groups in total. The summed E-state index contributed by atoms with van der Waals surface area (Å²) in [5, 5.41) is 5.82. The summed E-state index contributed by atoms with van der Waals surface area (Å²) in [4.78, 5) is 43.8. The Kier molecular flexibility index (Phi) is 5.93. The number of imide groups is 1. The summed E-state index contributed by atoms with van der Waals surface area (Å²) in [6.07, 6.45) is 0. The van der Waals surface area contributed by atoms with Gasteiger partial charge in [0.15, 0.2) is 5.11 Å². The number of thiocarbonyl (C=S) groups is 1. The van der Waals surface area contributed by atoms with Crippen molar-refractivity contribution in [1.82, 2.24) is 14.7 Å². The average molecular weight is 493 g/mol. The summed E-state index contributed by atoms with van der Waals surface area (Å²) < 4.78 is 0. The van der Waals surface area contributed by atoms with E-state index in [1.54, 1.807) is 41.3 Å². The molecule has 0 aliphatic carbocycles. The minimum absolute atomic E-state index is 0.262. The fraction of sp³-hybridized carbons (Fsp3) is 0.200. The molecule has 0 spiro atoms. The number of carbonyl (C=O) groups excluding carboxylic acids is 3. The molecule has 2 heterocycles. The Morgan fingerprint density at radius 1 is 0.882 bits per heavy atom. The second-order valence-corrected chi connectivity index (χ2v) is 9.04. The molecule has 1 saturated heterocycles. The van der Waals surface area contributed by atoms with Crippen molar-refractivity contribution in [2.24, 2.45) is 0 Å². The third-order valence-corrected chi connectivity index (χ3v) is 6.74. The molecule has 2 aliphatic heterocycles. The van der Waals surface area contributed by atoms with Gasteiger partial charge in [0.05, 0.1) is 0 Å². The van der Waals surface area contributed by atoms with E-state index < -0.39 is 11.8 Å². The zero-order valence-electron chi connectivity index (χ0n) is 18.2. The van der Waals surface area contributed by atoms with Crippen molar-refractivity contribution in [3.8, 4) is 0 Å². The van der Waals surface area contributed by atoms with Crippen LogP contribution in [0, 0.1) is 0 Å². The molecule has 7 nitrogen and oxygen atoms in total. The van der Waals surface area contributed by atoms with Crippen molar-refractivity contribution < 1.29 is 14.4 Å². The number of rotatable bonds is 3. The molecular formula is C25H21ClN4O3S. The topological polar surface area (TPSA) is 73.0 Å². The molecule has 3 amide bonds. The molecular weight excluding hydrogens is 472 g/mol. The van der Waals surface area contributed by atoms with Gasteiger partial charge in [0, 0.05) is 53.4 Å². The Labute approximate surface area is 206 Å². The number of anilines is 1. The van der Waals surface area contributed by atoms with Gasteiger partial charge in [0.1, 0.15) is 6.54 Å². The van der Waals surface area contributed by atoms with Gasteiger partial charge in [-0.15, -0.1) is 0 Å². The molecule has 3 aromatic rings. The standard InChI is InChI=1S/C25H21ClN4O3S/c26-17-6-3-7-18(14-17)27-25(34)29-12-10-28(11-13-29)21(31)15-30-23(32)19-8-1-4-16-5-2-9-20(22(16)19)24(30)33/h1-9,14H,10-13,15H2,(H,27,34). The number of benzene rings is 3. The van der Waals surface area contributed by atoms with Crippen molar-refractivity contribution >= 4 is 63.1 Å². The normalized spacial score (nSPS) is 15.6. The van der Waals surface area contributed by atoms with E-state index >= 15 is 0 Å². The van der Waals surface area contributed by atoms with E-state index in [2.05, 4.69) is 5.32 Å². The first-order chi connectivity index (χ1) is 16.4. The highest BCUT2D eigenvalue weighted by atomic mass is 35.5. The van der Waals surface area contributed by atoms with Crippen LogP contribution in [0.4, 0.5) is 5.69 Å². The molecule has 2 aliphatic rings. The fourth-order valence-electron chi connectivity index (χ4n) is 4.39. The van der Waals surface area contributed by atoms with Gasteiger partial charge >= 0.3 is 0 Å². The fourth-order valence-corrected chi connectivity index (χ4v) is 4.88. The van der Waals surface area contributed by atoms with Crippen molar-refractivity contribution in [2.45, 2.75) is 0 Å². The maximum Gasteiger partial charge on any atom is 0.261 e. The summed E-state index contributed by atoms with van der Waals surface area (Å²) in [6, 6.07) is 18.0. The number of hydrogen-bond donors (Lipinski definition) is 1. The summed E-state index contributed by atoms with van der Waals surface area (Å²) in [6.45, 7) is 1.69. The van der Waals surface area contributed by atoms with Crippen LogP contribution in [0.3, 0.4) is 0 Å². The van der Waals surface area contributed by atoms with Crippen LogP contribution in [0.5, 0.6) is 0 Å². The lowest BCUT2D eigenvalue weighted by molar-refractivity contribution is -0.132. The lowest BCUT2D eigenvalue weighted by Gasteiger charge is -2.37. The van der Waals surface area contributed by atoms with Crippen LogP contribution in [0.15, 0.2) is 60.7 Å². The molecule has 0 bridgehead atoms. The Morgan fingerprint density at radius 3 is 2.09 bits per heavy atom. The number of carbonyl (C=O) groups is 3. The van der Waals surface area contributed by atoms with Gasteiger partial charge in [0.25, 0.3) is 11.8 Å². The SMILES string of the molecule is O=C(CN1C(=O)c2cccc3cccc(c23)C1=O)N1CCN(C(=S)Nc2cccc(Cl)c2)CC1. The molecule has 9 heteroatoms. The molecule has 1 fully saturated rings. The summed E-state index contributed by atoms with van der Waals surface area (Å²) in [7, 11) is 0. The highest BCUT2D eigenvalue weighted by molar-refractivity contribution is 7.80. The van der Waals surface area contributed by atoms with Crippen LogP contribution in [0.25, 0.3) is 10.8 Å². The molecule has 5 rings (SSSR count). The summed E-state index contributed by atoms with van der Waals surface area (Å²) in [5.41, 5.74) is 1.69. The second kappa shape index (κ2) is 9.04. The molecule has 3 aromatic carbocycles. The maximum absolute atomic E-state index is 13.1. The second-order valence-electron chi connectivity index (χ2n) is 8.21. The first-order valence-corrected chi connectivity index (χ1v) is 11.7. The Balaban J connectivity index is 1.22. The molecule has 0 saturated carbocycles. The highest BCUT2D eigenvalue weighted by Gasteiger charge is 2.35. The highest BCUT2D eigenvalue weighted by Crippen LogP contribution is 2.30.